The summed E-state index contributed by atoms with van der Waals surface area (Å²) in [6.45, 7) is 0. The molecule has 0 aliphatic carbocycles. The third kappa shape index (κ3) is 2.87. The molecule has 1 aromatic heterocycles. The Bertz CT molecular complexity index is 533. The van der Waals surface area contributed by atoms with E-state index in [1.807, 2.05) is 18.2 Å². The quantitative estimate of drug-likeness (QED) is 0.907. The molecule has 0 radical (unpaired) electrons. The summed E-state index contributed by atoms with van der Waals surface area (Å²) in [5.74, 6) is 1.35. The molecule has 0 aliphatic rings. The summed E-state index contributed by atoms with van der Waals surface area (Å²) in [4.78, 5) is 8.38. The first-order valence-electron chi connectivity index (χ1n) is 4.91. The van der Waals surface area contributed by atoms with Crippen LogP contribution in [0.15, 0.2) is 35.1 Å². The van der Waals surface area contributed by atoms with Crippen molar-refractivity contribution in [3.05, 3.63) is 40.1 Å². The van der Waals surface area contributed by atoms with Crippen LogP contribution in [0.3, 0.4) is 0 Å². The SMILES string of the molecule is CNc1cncc(Nc2cccc(Cl)c2Br)n1. The van der Waals surface area contributed by atoms with Crippen LogP contribution in [0.25, 0.3) is 0 Å². The minimum Gasteiger partial charge on any atom is -0.372 e. The standard InChI is InChI=1S/C11H10BrClN4/c1-14-9-5-15-6-10(17-9)16-8-4-2-3-7(13)11(8)12/h2-6H,1H3,(H2,14,16,17). The molecule has 17 heavy (non-hydrogen) atoms. The molecule has 0 aliphatic heterocycles. The smallest absolute Gasteiger partial charge is 0.151 e. The van der Waals surface area contributed by atoms with Crippen molar-refractivity contribution in [2.75, 3.05) is 17.7 Å². The maximum Gasteiger partial charge on any atom is 0.151 e. The van der Waals surface area contributed by atoms with E-state index >= 15 is 0 Å². The second-order valence-electron chi connectivity index (χ2n) is 3.27. The van der Waals surface area contributed by atoms with Gasteiger partial charge in [-0.05, 0) is 28.1 Å². The van der Waals surface area contributed by atoms with Gasteiger partial charge in [0.25, 0.3) is 0 Å². The Balaban J connectivity index is 2.28. The average molecular weight is 314 g/mol. The summed E-state index contributed by atoms with van der Waals surface area (Å²) in [5, 5.41) is 6.72. The van der Waals surface area contributed by atoms with Gasteiger partial charge >= 0.3 is 0 Å². The summed E-state index contributed by atoms with van der Waals surface area (Å²) >= 11 is 9.42. The van der Waals surface area contributed by atoms with Crippen molar-refractivity contribution in [2.45, 2.75) is 0 Å². The molecule has 0 amide bonds. The highest BCUT2D eigenvalue weighted by Crippen LogP contribution is 2.31. The van der Waals surface area contributed by atoms with Crippen LogP contribution in [0.1, 0.15) is 0 Å². The molecule has 88 valence electrons. The Morgan fingerprint density at radius 3 is 2.76 bits per heavy atom. The van der Waals surface area contributed by atoms with E-state index in [1.54, 1.807) is 19.4 Å². The molecular formula is C11H10BrClN4. The number of hydrogen-bond donors (Lipinski definition) is 2. The Kier molecular flexibility index (Phi) is 3.81. The zero-order chi connectivity index (χ0) is 12.3. The van der Waals surface area contributed by atoms with Gasteiger partial charge in [0.15, 0.2) is 5.82 Å². The van der Waals surface area contributed by atoms with Gasteiger partial charge in [-0.3, -0.25) is 4.98 Å². The second-order valence-corrected chi connectivity index (χ2v) is 4.47. The fourth-order valence-electron chi connectivity index (χ4n) is 1.28. The highest BCUT2D eigenvalue weighted by molar-refractivity contribution is 9.10. The van der Waals surface area contributed by atoms with Crippen LogP contribution in [0, 0.1) is 0 Å². The van der Waals surface area contributed by atoms with Gasteiger partial charge in [0.2, 0.25) is 0 Å². The number of rotatable bonds is 3. The lowest BCUT2D eigenvalue weighted by atomic mass is 10.3. The van der Waals surface area contributed by atoms with Crippen molar-refractivity contribution < 1.29 is 0 Å². The van der Waals surface area contributed by atoms with Gasteiger partial charge in [0.05, 0.1) is 27.6 Å². The van der Waals surface area contributed by atoms with Crippen LogP contribution in [-0.4, -0.2) is 17.0 Å². The maximum absolute atomic E-state index is 6.00. The molecule has 0 fully saturated rings. The molecule has 0 saturated carbocycles. The van der Waals surface area contributed by atoms with E-state index < -0.39 is 0 Å². The fraction of sp³-hybridized carbons (Fsp3) is 0.0909. The van der Waals surface area contributed by atoms with E-state index in [2.05, 4.69) is 36.5 Å². The van der Waals surface area contributed by atoms with Crippen LogP contribution in [0.2, 0.25) is 5.02 Å². The summed E-state index contributed by atoms with van der Waals surface area (Å²) in [6, 6.07) is 5.58. The van der Waals surface area contributed by atoms with Crippen LogP contribution < -0.4 is 10.6 Å². The number of nitrogens with one attached hydrogen (secondary N) is 2. The first-order valence-corrected chi connectivity index (χ1v) is 6.08. The van der Waals surface area contributed by atoms with Gasteiger partial charge in [0.1, 0.15) is 5.82 Å². The molecular weight excluding hydrogens is 304 g/mol. The molecule has 1 aromatic carbocycles. The molecule has 1 heterocycles. The third-order valence-corrected chi connectivity index (χ3v) is 3.50. The summed E-state index contributed by atoms with van der Waals surface area (Å²) in [7, 11) is 1.79. The number of nitrogens with zero attached hydrogens (tertiary/aromatic N) is 2. The van der Waals surface area contributed by atoms with E-state index in [0.717, 1.165) is 10.2 Å². The van der Waals surface area contributed by atoms with Gasteiger partial charge in [-0.25, -0.2) is 4.98 Å². The Morgan fingerprint density at radius 1 is 1.24 bits per heavy atom. The van der Waals surface area contributed by atoms with E-state index in [-0.39, 0.29) is 0 Å². The predicted molar refractivity (Wildman–Crippen MR) is 74.0 cm³/mol. The van der Waals surface area contributed by atoms with Gasteiger partial charge in [-0.15, -0.1) is 0 Å². The Labute approximate surface area is 113 Å². The summed E-state index contributed by atoms with van der Waals surface area (Å²) in [6.07, 6.45) is 3.30. The van der Waals surface area contributed by atoms with Crippen LogP contribution >= 0.6 is 27.5 Å². The molecule has 2 N–H and O–H groups in total. The van der Waals surface area contributed by atoms with Crippen molar-refractivity contribution in [1.82, 2.24) is 9.97 Å². The number of anilines is 3. The minimum atomic E-state index is 0.646. The van der Waals surface area contributed by atoms with Gasteiger partial charge in [-0.2, -0.15) is 0 Å². The highest BCUT2D eigenvalue weighted by Gasteiger charge is 2.05. The van der Waals surface area contributed by atoms with Crippen molar-refractivity contribution in [3.8, 4) is 0 Å². The van der Waals surface area contributed by atoms with Crippen LogP contribution in [0.4, 0.5) is 17.3 Å². The lowest BCUT2D eigenvalue weighted by molar-refractivity contribution is 1.18. The molecule has 0 atom stereocenters. The minimum absolute atomic E-state index is 0.646. The molecule has 0 unspecified atom stereocenters. The Morgan fingerprint density at radius 2 is 2.00 bits per heavy atom. The van der Waals surface area contributed by atoms with Crippen LogP contribution in [0.5, 0.6) is 0 Å². The fourth-order valence-corrected chi connectivity index (χ4v) is 1.82. The topological polar surface area (TPSA) is 49.8 Å². The number of benzene rings is 1. The van der Waals surface area contributed by atoms with Gasteiger partial charge in [-0.1, -0.05) is 17.7 Å². The number of aromatic nitrogens is 2. The van der Waals surface area contributed by atoms with Gasteiger partial charge in [0, 0.05) is 7.05 Å². The predicted octanol–water partition coefficient (Wildman–Crippen LogP) is 3.68. The monoisotopic (exact) mass is 312 g/mol. The molecule has 6 heteroatoms. The largest absolute Gasteiger partial charge is 0.372 e. The van der Waals surface area contributed by atoms with E-state index in [4.69, 9.17) is 11.6 Å². The van der Waals surface area contributed by atoms with E-state index in [9.17, 15) is 0 Å². The first-order chi connectivity index (χ1) is 8.20. The molecule has 2 aromatic rings. The zero-order valence-corrected chi connectivity index (χ0v) is 11.4. The van der Waals surface area contributed by atoms with Crippen molar-refractivity contribution >= 4 is 44.9 Å². The second kappa shape index (κ2) is 5.33. The highest BCUT2D eigenvalue weighted by atomic mass is 79.9. The van der Waals surface area contributed by atoms with Crippen molar-refractivity contribution in [2.24, 2.45) is 0 Å². The van der Waals surface area contributed by atoms with E-state index in [1.165, 1.54) is 0 Å². The van der Waals surface area contributed by atoms with E-state index in [0.29, 0.717) is 16.7 Å². The lowest BCUT2D eigenvalue weighted by Gasteiger charge is -2.09. The molecule has 0 bridgehead atoms. The maximum atomic E-state index is 6.00. The summed E-state index contributed by atoms with van der Waals surface area (Å²) < 4.78 is 0.804. The normalized spacial score (nSPS) is 10.1. The number of halogens is 2. The zero-order valence-electron chi connectivity index (χ0n) is 9.04. The Hall–Kier alpha value is -1.33. The van der Waals surface area contributed by atoms with Crippen LogP contribution in [-0.2, 0) is 0 Å². The number of hydrogen-bond acceptors (Lipinski definition) is 4. The third-order valence-electron chi connectivity index (χ3n) is 2.11. The van der Waals surface area contributed by atoms with Gasteiger partial charge < -0.3 is 10.6 Å². The lowest BCUT2D eigenvalue weighted by Crippen LogP contribution is -1.99. The van der Waals surface area contributed by atoms with Crippen molar-refractivity contribution in [3.63, 3.8) is 0 Å². The average Bonchev–Trinajstić information content (AvgIpc) is 2.35. The molecule has 2 rings (SSSR count). The summed E-state index contributed by atoms with van der Waals surface area (Å²) in [5.41, 5.74) is 0.847. The van der Waals surface area contributed by atoms with Crippen molar-refractivity contribution in [1.29, 1.82) is 0 Å². The molecule has 0 spiro atoms. The molecule has 4 nitrogen and oxygen atoms in total. The molecule has 0 saturated heterocycles. The first kappa shape index (κ1) is 12.1.